The van der Waals surface area contributed by atoms with Crippen LogP contribution in [0, 0.1) is 6.92 Å². The van der Waals surface area contributed by atoms with Crippen LogP contribution in [-0.2, 0) is 11.0 Å². The van der Waals surface area contributed by atoms with E-state index >= 15 is 0 Å². The molecule has 1 heterocycles. The Labute approximate surface area is 214 Å². The number of esters is 1. The van der Waals surface area contributed by atoms with Crippen molar-refractivity contribution in [1.29, 1.82) is 0 Å². The van der Waals surface area contributed by atoms with Crippen LogP contribution in [0.1, 0.15) is 27.0 Å². The molecule has 0 spiro atoms. The SMILES string of the molecule is COc1cc(C=C2SC(=S)N(c3cccc(C(F)(F)F)c3)C2=O)ccc1OC(=O)c1ccc(C)cc1. The van der Waals surface area contributed by atoms with Crippen LogP contribution in [0.5, 0.6) is 11.5 Å². The first-order valence-electron chi connectivity index (χ1n) is 10.5. The Balaban J connectivity index is 1.56. The summed E-state index contributed by atoms with van der Waals surface area (Å²) in [4.78, 5) is 26.8. The van der Waals surface area contributed by atoms with Crippen LogP contribution in [0.3, 0.4) is 0 Å². The highest BCUT2D eigenvalue weighted by atomic mass is 32.2. The fourth-order valence-corrected chi connectivity index (χ4v) is 4.67. The molecule has 0 saturated carbocycles. The molecule has 1 saturated heterocycles. The van der Waals surface area contributed by atoms with Crippen LogP contribution < -0.4 is 14.4 Å². The minimum atomic E-state index is -4.55. The number of ether oxygens (including phenoxy) is 2. The van der Waals surface area contributed by atoms with Crippen molar-refractivity contribution in [3.63, 3.8) is 0 Å². The Hall–Kier alpha value is -3.63. The van der Waals surface area contributed by atoms with Crippen LogP contribution >= 0.6 is 24.0 Å². The summed E-state index contributed by atoms with van der Waals surface area (Å²) in [7, 11) is 1.41. The van der Waals surface area contributed by atoms with Gasteiger partial charge in [-0.15, -0.1) is 0 Å². The molecule has 1 aliphatic rings. The Morgan fingerprint density at radius 1 is 1.03 bits per heavy atom. The zero-order valence-corrected chi connectivity index (χ0v) is 20.6. The molecule has 3 aromatic rings. The number of anilines is 1. The molecular weight excluding hydrogens is 511 g/mol. The van der Waals surface area contributed by atoms with Gasteiger partial charge in [0.2, 0.25) is 0 Å². The molecule has 5 nitrogen and oxygen atoms in total. The number of hydrogen-bond acceptors (Lipinski definition) is 6. The first-order valence-corrected chi connectivity index (χ1v) is 11.7. The highest BCUT2D eigenvalue weighted by Gasteiger charge is 2.36. The number of aryl methyl sites for hydroxylation is 1. The molecule has 0 aliphatic carbocycles. The second-order valence-electron chi connectivity index (χ2n) is 7.73. The summed E-state index contributed by atoms with van der Waals surface area (Å²) < 4.78 is 50.3. The van der Waals surface area contributed by atoms with E-state index in [4.69, 9.17) is 21.7 Å². The van der Waals surface area contributed by atoms with Crippen molar-refractivity contribution < 1.29 is 32.2 Å². The van der Waals surface area contributed by atoms with Crippen molar-refractivity contribution in [2.45, 2.75) is 13.1 Å². The van der Waals surface area contributed by atoms with E-state index < -0.39 is 23.6 Å². The van der Waals surface area contributed by atoms with Crippen molar-refractivity contribution in [3.05, 3.63) is 93.9 Å². The molecular formula is C26H18F3NO4S2. The van der Waals surface area contributed by atoms with E-state index in [0.717, 1.165) is 34.4 Å². The molecule has 0 bridgehead atoms. The second-order valence-corrected chi connectivity index (χ2v) is 9.41. The van der Waals surface area contributed by atoms with Crippen LogP contribution in [0.15, 0.2) is 71.6 Å². The first kappa shape index (κ1) is 25.5. The Kier molecular flexibility index (Phi) is 7.18. The Morgan fingerprint density at radius 3 is 2.42 bits per heavy atom. The molecule has 1 aliphatic heterocycles. The van der Waals surface area contributed by atoms with Gasteiger partial charge in [0.1, 0.15) is 0 Å². The fraction of sp³-hybridized carbons (Fsp3) is 0.115. The van der Waals surface area contributed by atoms with Crippen molar-refractivity contribution in [1.82, 2.24) is 0 Å². The lowest BCUT2D eigenvalue weighted by molar-refractivity contribution is -0.137. The largest absolute Gasteiger partial charge is 0.493 e. The topological polar surface area (TPSA) is 55.8 Å². The van der Waals surface area contributed by atoms with E-state index in [1.165, 1.54) is 25.3 Å². The van der Waals surface area contributed by atoms with Gasteiger partial charge in [-0.25, -0.2) is 4.79 Å². The number of halogens is 3. The summed E-state index contributed by atoms with van der Waals surface area (Å²) in [6.45, 7) is 1.91. The van der Waals surface area contributed by atoms with Gasteiger partial charge in [-0.05, 0) is 61.0 Å². The average Bonchev–Trinajstić information content (AvgIpc) is 3.12. The summed E-state index contributed by atoms with van der Waals surface area (Å²) in [6, 6.07) is 16.1. The molecule has 1 fully saturated rings. The molecule has 10 heteroatoms. The number of nitrogens with zero attached hydrogens (tertiary/aromatic N) is 1. The van der Waals surface area contributed by atoms with E-state index in [1.54, 1.807) is 42.5 Å². The minimum absolute atomic E-state index is 0.0340. The van der Waals surface area contributed by atoms with Crippen molar-refractivity contribution in [3.8, 4) is 11.5 Å². The zero-order valence-electron chi connectivity index (χ0n) is 19.0. The Bertz CT molecular complexity index is 1380. The summed E-state index contributed by atoms with van der Waals surface area (Å²) in [5.41, 5.74) is 1.09. The van der Waals surface area contributed by atoms with Gasteiger partial charge in [0.05, 0.1) is 28.8 Å². The number of thioether (sulfide) groups is 1. The van der Waals surface area contributed by atoms with Gasteiger partial charge in [0, 0.05) is 0 Å². The van der Waals surface area contributed by atoms with Crippen LogP contribution in [0.4, 0.5) is 18.9 Å². The lowest BCUT2D eigenvalue weighted by Gasteiger charge is -2.16. The van der Waals surface area contributed by atoms with Crippen molar-refractivity contribution >= 4 is 51.9 Å². The maximum Gasteiger partial charge on any atom is 0.416 e. The highest BCUT2D eigenvalue weighted by Crippen LogP contribution is 2.39. The van der Waals surface area contributed by atoms with Crippen molar-refractivity contribution in [2.75, 3.05) is 12.0 Å². The monoisotopic (exact) mass is 529 g/mol. The lowest BCUT2D eigenvalue weighted by Crippen LogP contribution is -2.27. The third-order valence-corrected chi connectivity index (χ3v) is 6.50. The maximum absolute atomic E-state index is 13.1. The van der Waals surface area contributed by atoms with Crippen LogP contribution in [-0.4, -0.2) is 23.3 Å². The standard InChI is InChI=1S/C26H18F3NO4S2/c1-15-6-9-17(10-7-15)24(32)34-20-11-8-16(12-21(20)33-2)13-22-23(31)30(25(35)36-22)19-5-3-4-18(14-19)26(27,28)29/h3-14H,1-2H3. The number of alkyl halides is 3. The Morgan fingerprint density at radius 2 is 1.75 bits per heavy atom. The van der Waals surface area contributed by atoms with Gasteiger partial charge in [-0.2, -0.15) is 13.2 Å². The molecule has 0 unspecified atom stereocenters. The maximum atomic E-state index is 13.1. The van der Waals surface area contributed by atoms with Gasteiger partial charge in [-0.3, -0.25) is 9.69 Å². The summed E-state index contributed by atoms with van der Waals surface area (Å²) >= 11 is 6.24. The normalized spacial score (nSPS) is 14.9. The van der Waals surface area contributed by atoms with Crippen LogP contribution in [0.2, 0.25) is 0 Å². The molecule has 0 atom stereocenters. The van der Waals surface area contributed by atoms with Crippen LogP contribution in [0.25, 0.3) is 6.08 Å². The third-order valence-electron chi connectivity index (χ3n) is 5.20. The number of thiocarbonyl (C=S) groups is 1. The van der Waals surface area contributed by atoms with Gasteiger partial charge in [-0.1, -0.05) is 53.8 Å². The smallest absolute Gasteiger partial charge is 0.416 e. The number of carbonyl (C=O) groups excluding carboxylic acids is 2. The van der Waals surface area contributed by atoms with E-state index in [2.05, 4.69) is 0 Å². The summed E-state index contributed by atoms with van der Waals surface area (Å²) in [6.07, 6.45) is -3.01. The molecule has 36 heavy (non-hydrogen) atoms. The number of benzene rings is 3. The molecule has 0 aromatic heterocycles. The molecule has 4 rings (SSSR count). The van der Waals surface area contributed by atoms with Crippen molar-refractivity contribution in [2.24, 2.45) is 0 Å². The number of amides is 1. The van der Waals surface area contributed by atoms with Gasteiger partial charge < -0.3 is 9.47 Å². The molecule has 184 valence electrons. The quantitative estimate of drug-likeness (QED) is 0.160. The number of hydrogen-bond donors (Lipinski definition) is 0. The van der Waals surface area contributed by atoms with Gasteiger partial charge >= 0.3 is 12.1 Å². The molecule has 1 amide bonds. The van der Waals surface area contributed by atoms with E-state index in [0.29, 0.717) is 11.1 Å². The lowest BCUT2D eigenvalue weighted by atomic mass is 10.1. The van der Waals surface area contributed by atoms with Gasteiger partial charge in [0.15, 0.2) is 15.8 Å². The summed E-state index contributed by atoms with van der Waals surface area (Å²) in [5, 5.41) is 0. The predicted molar refractivity (Wildman–Crippen MR) is 136 cm³/mol. The number of methoxy groups -OCH3 is 1. The zero-order chi connectivity index (χ0) is 26.0. The first-order chi connectivity index (χ1) is 17.1. The fourth-order valence-electron chi connectivity index (χ4n) is 3.37. The number of rotatable bonds is 5. The molecule has 0 radical (unpaired) electrons. The predicted octanol–water partition coefficient (Wildman–Crippen LogP) is 6.65. The number of carbonyl (C=O) groups is 2. The average molecular weight is 530 g/mol. The highest BCUT2D eigenvalue weighted by molar-refractivity contribution is 8.27. The van der Waals surface area contributed by atoms with Gasteiger partial charge in [0.25, 0.3) is 5.91 Å². The third kappa shape index (κ3) is 5.44. The van der Waals surface area contributed by atoms with E-state index in [-0.39, 0.29) is 26.4 Å². The molecule has 3 aromatic carbocycles. The minimum Gasteiger partial charge on any atom is -0.493 e. The molecule has 0 N–H and O–H groups in total. The summed E-state index contributed by atoms with van der Waals surface area (Å²) in [5.74, 6) is -0.643. The second kappa shape index (κ2) is 10.2. The van der Waals surface area contributed by atoms with E-state index in [1.807, 2.05) is 6.92 Å². The van der Waals surface area contributed by atoms with E-state index in [9.17, 15) is 22.8 Å².